The van der Waals surface area contributed by atoms with Crippen molar-refractivity contribution in [2.45, 2.75) is 6.54 Å². The number of nitrogen functional groups attached to an aromatic ring is 1. The third-order valence-electron chi connectivity index (χ3n) is 2.95. The average Bonchev–Trinajstić information content (AvgIpc) is 2.45. The van der Waals surface area contributed by atoms with E-state index < -0.39 is 0 Å². The summed E-state index contributed by atoms with van der Waals surface area (Å²) in [6.07, 6.45) is 3.40. The summed E-state index contributed by atoms with van der Waals surface area (Å²) >= 11 is 0. The Morgan fingerprint density at radius 2 is 1.95 bits per heavy atom. The van der Waals surface area contributed by atoms with Crippen LogP contribution in [0.1, 0.15) is 15.9 Å². The van der Waals surface area contributed by atoms with Gasteiger partial charge in [0.05, 0.1) is 5.56 Å². The van der Waals surface area contributed by atoms with E-state index in [1.807, 2.05) is 37.2 Å². The molecule has 0 saturated heterocycles. The molecule has 0 bridgehead atoms. The maximum absolute atomic E-state index is 12.3. The molecule has 20 heavy (non-hydrogen) atoms. The van der Waals surface area contributed by atoms with E-state index in [4.69, 9.17) is 5.73 Å². The van der Waals surface area contributed by atoms with E-state index >= 15 is 0 Å². The highest BCUT2D eigenvalue weighted by Gasteiger charge is 2.13. The van der Waals surface area contributed by atoms with Crippen molar-refractivity contribution in [2.24, 2.45) is 0 Å². The van der Waals surface area contributed by atoms with Crippen LogP contribution in [-0.2, 0) is 6.54 Å². The molecule has 5 heteroatoms. The lowest BCUT2D eigenvalue weighted by molar-refractivity contribution is 0.0951. The summed E-state index contributed by atoms with van der Waals surface area (Å²) in [4.78, 5) is 18.1. The molecular weight excluding hydrogens is 252 g/mol. The number of hydrogen-bond acceptors (Lipinski definition) is 4. The fourth-order valence-corrected chi connectivity index (χ4v) is 1.90. The van der Waals surface area contributed by atoms with Gasteiger partial charge in [-0.05, 0) is 35.9 Å². The Kier molecular flexibility index (Phi) is 4.20. The standard InChI is InChI=1S/C15H18N4O/c1-19(2)14-4-3-12(16)9-13(14)15(20)18-10-11-5-7-17-8-6-11/h3-9H,10,16H2,1-2H3,(H,18,20). The molecule has 0 saturated carbocycles. The van der Waals surface area contributed by atoms with Crippen molar-refractivity contribution in [2.75, 3.05) is 24.7 Å². The number of nitrogens with one attached hydrogen (secondary N) is 1. The number of amides is 1. The fourth-order valence-electron chi connectivity index (χ4n) is 1.90. The summed E-state index contributed by atoms with van der Waals surface area (Å²) in [6.45, 7) is 0.461. The van der Waals surface area contributed by atoms with Crippen molar-refractivity contribution < 1.29 is 4.79 Å². The van der Waals surface area contributed by atoms with Gasteiger partial charge in [-0.3, -0.25) is 9.78 Å². The minimum absolute atomic E-state index is 0.141. The highest BCUT2D eigenvalue weighted by atomic mass is 16.1. The summed E-state index contributed by atoms with van der Waals surface area (Å²) in [5.74, 6) is -0.141. The van der Waals surface area contributed by atoms with Gasteiger partial charge in [-0.1, -0.05) is 0 Å². The zero-order valence-corrected chi connectivity index (χ0v) is 11.6. The molecule has 2 rings (SSSR count). The molecule has 0 aliphatic carbocycles. The van der Waals surface area contributed by atoms with Gasteiger partial charge in [0.1, 0.15) is 0 Å². The van der Waals surface area contributed by atoms with Crippen molar-refractivity contribution in [3.63, 3.8) is 0 Å². The van der Waals surface area contributed by atoms with E-state index in [-0.39, 0.29) is 5.91 Å². The van der Waals surface area contributed by atoms with E-state index in [1.165, 1.54) is 0 Å². The average molecular weight is 270 g/mol. The zero-order valence-electron chi connectivity index (χ0n) is 11.6. The molecule has 2 aromatic rings. The topological polar surface area (TPSA) is 71.2 Å². The van der Waals surface area contributed by atoms with Crippen LogP contribution in [0.25, 0.3) is 0 Å². The van der Waals surface area contributed by atoms with Crippen LogP contribution in [0.4, 0.5) is 11.4 Å². The van der Waals surface area contributed by atoms with Crippen molar-refractivity contribution in [1.29, 1.82) is 0 Å². The largest absolute Gasteiger partial charge is 0.399 e. The Morgan fingerprint density at radius 3 is 2.60 bits per heavy atom. The number of pyridine rings is 1. The summed E-state index contributed by atoms with van der Waals surface area (Å²) in [5.41, 5.74) is 8.76. The number of carbonyl (C=O) groups is 1. The van der Waals surface area contributed by atoms with E-state index in [0.29, 0.717) is 17.8 Å². The quantitative estimate of drug-likeness (QED) is 0.829. The van der Waals surface area contributed by atoms with Crippen molar-refractivity contribution in [3.8, 4) is 0 Å². The molecule has 104 valence electrons. The first-order chi connectivity index (χ1) is 9.58. The first kappa shape index (κ1) is 13.9. The Balaban J connectivity index is 2.15. The van der Waals surface area contributed by atoms with Crippen LogP contribution in [0.15, 0.2) is 42.7 Å². The number of rotatable bonds is 4. The predicted molar refractivity (Wildman–Crippen MR) is 80.6 cm³/mol. The van der Waals surface area contributed by atoms with E-state index in [9.17, 15) is 4.79 Å². The normalized spacial score (nSPS) is 10.1. The number of benzene rings is 1. The van der Waals surface area contributed by atoms with Gasteiger partial charge in [-0.15, -0.1) is 0 Å². The lowest BCUT2D eigenvalue weighted by Crippen LogP contribution is -2.25. The summed E-state index contributed by atoms with van der Waals surface area (Å²) in [5, 5.41) is 2.89. The van der Waals surface area contributed by atoms with Crippen LogP contribution in [0.2, 0.25) is 0 Å². The van der Waals surface area contributed by atoms with Crippen LogP contribution in [-0.4, -0.2) is 25.0 Å². The van der Waals surface area contributed by atoms with Crippen LogP contribution in [0.5, 0.6) is 0 Å². The number of anilines is 2. The molecule has 0 unspecified atom stereocenters. The van der Waals surface area contributed by atoms with Crippen molar-refractivity contribution >= 4 is 17.3 Å². The molecule has 0 radical (unpaired) electrons. The SMILES string of the molecule is CN(C)c1ccc(N)cc1C(=O)NCc1ccncc1. The number of nitrogens with two attached hydrogens (primary N) is 1. The van der Waals surface area contributed by atoms with Gasteiger partial charge < -0.3 is 16.0 Å². The molecule has 1 amide bonds. The van der Waals surface area contributed by atoms with Crippen LogP contribution in [0, 0.1) is 0 Å². The Labute approximate surface area is 118 Å². The van der Waals surface area contributed by atoms with Crippen LogP contribution >= 0.6 is 0 Å². The minimum Gasteiger partial charge on any atom is -0.399 e. The highest BCUT2D eigenvalue weighted by Crippen LogP contribution is 2.21. The number of carbonyl (C=O) groups excluding carboxylic acids is 1. The van der Waals surface area contributed by atoms with Gasteiger partial charge in [0.15, 0.2) is 0 Å². The van der Waals surface area contributed by atoms with Crippen LogP contribution in [0.3, 0.4) is 0 Å². The van der Waals surface area contributed by atoms with Crippen LogP contribution < -0.4 is 16.0 Å². The second kappa shape index (κ2) is 6.06. The van der Waals surface area contributed by atoms with Gasteiger partial charge in [-0.25, -0.2) is 0 Å². The third-order valence-corrected chi connectivity index (χ3v) is 2.95. The lowest BCUT2D eigenvalue weighted by Gasteiger charge is -2.17. The summed E-state index contributed by atoms with van der Waals surface area (Å²) < 4.78 is 0. The molecule has 3 N–H and O–H groups in total. The molecule has 0 atom stereocenters. The third kappa shape index (κ3) is 3.26. The lowest BCUT2D eigenvalue weighted by atomic mass is 10.1. The monoisotopic (exact) mass is 270 g/mol. The smallest absolute Gasteiger partial charge is 0.253 e. The molecule has 1 aromatic heterocycles. The second-order valence-electron chi connectivity index (χ2n) is 4.71. The van der Waals surface area contributed by atoms with Gasteiger partial charge in [0.25, 0.3) is 5.91 Å². The van der Waals surface area contributed by atoms with Gasteiger partial charge in [0.2, 0.25) is 0 Å². The summed E-state index contributed by atoms with van der Waals surface area (Å²) in [6, 6.07) is 9.06. The minimum atomic E-state index is -0.141. The Bertz CT molecular complexity index is 596. The van der Waals surface area contributed by atoms with Crippen molar-refractivity contribution in [3.05, 3.63) is 53.9 Å². The molecular formula is C15H18N4O. The maximum atomic E-state index is 12.3. The molecule has 5 nitrogen and oxygen atoms in total. The van der Waals surface area contributed by atoms with Gasteiger partial charge in [-0.2, -0.15) is 0 Å². The molecule has 1 aromatic carbocycles. The Morgan fingerprint density at radius 1 is 1.25 bits per heavy atom. The zero-order chi connectivity index (χ0) is 14.5. The number of aromatic nitrogens is 1. The Hall–Kier alpha value is -2.56. The fraction of sp³-hybridized carbons (Fsp3) is 0.200. The molecule has 0 aliphatic heterocycles. The van der Waals surface area contributed by atoms with Crippen molar-refractivity contribution in [1.82, 2.24) is 10.3 Å². The summed E-state index contributed by atoms with van der Waals surface area (Å²) in [7, 11) is 3.79. The molecule has 0 aliphatic rings. The number of nitrogens with zero attached hydrogens (tertiary/aromatic N) is 2. The second-order valence-corrected chi connectivity index (χ2v) is 4.71. The van der Waals surface area contributed by atoms with E-state index in [1.54, 1.807) is 24.5 Å². The first-order valence-corrected chi connectivity index (χ1v) is 6.32. The maximum Gasteiger partial charge on any atom is 0.253 e. The van der Waals surface area contributed by atoms with E-state index in [0.717, 1.165) is 11.3 Å². The molecule has 0 spiro atoms. The first-order valence-electron chi connectivity index (χ1n) is 6.32. The van der Waals surface area contributed by atoms with E-state index in [2.05, 4.69) is 10.3 Å². The molecule has 1 heterocycles. The number of hydrogen-bond donors (Lipinski definition) is 2. The predicted octanol–water partition coefficient (Wildman–Crippen LogP) is 1.66. The molecule has 0 fully saturated rings. The highest BCUT2D eigenvalue weighted by molar-refractivity contribution is 6.00. The van der Waals surface area contributed by atoms with Gasteiger partial charge in [0, 0.05) is 44.4 Å². The van der Waals surface area contributed by atoms with Gasteiger partial charge >= 0.3 is 0 Å².